The van der Waals surface area contributed by atoms with Crippen LogP contribution < -0.4 is 0 Å². The maximum absolute atomic E-state index is 9.70. The maximum Gasteiger partial charge on any atom is 0.186 e. The van der Waals surface area contributed by atoms with Gasteiger partial charge in [-0.3, -0.25) is 0 Å². The topological polar surface area (TPSA) is 401 Å². The Bertz CT molecular complexity index is 746. The fourth-order valence-electron chi connectivity index (χ4n) is 4.12. The van der Waals surface area contributed by atoms with Gasteiger partial charge in [0.05, 0.1) is 39.6 Å². The lowest BCUT2D eigenvalue weighted by molar-refractivity contribution is -0.306. The molecule has 0 saturated carbocycles. The van der Waals surface area contributed by atoms with Crippen molar-refractivity contribution in [1.82, 2.24) is 0 Å². The Morgan fingerprint density at radius 2 is 0.696 bits per heavy atom. The van der Waals surface area contributed by atoms with Crippen molar-refractivity contribution in [2.45, 2.75) is 110 Å². The molecule has 2 rings (SSSR count). The summed E-state index contributed by atoms with van der Waals surface area (Å²) in [6.07, 6.45) is -29.4. The Kier molecular flexibility index (Phi) is 19.3. The molecule has 2 aliphatic rings. The van der Waals surface area contributed by atoms with Crippen LogP contribution in [0.5, 0.6) is 0 Å². The highest BCUT2D eigenvalue weighted by Crippen LogP contribution is 2.23. The molecule has 0 bridgehead atoms. The average molecular weight is 689 g/mol. The van der Waals surface area contributed by atoms with Crippen molar-refractivity contribution in [2.24, 2.45) is 0 Å². The van der Waals surface area contributed by atoms with E-state index in [9.17, 15) is 71.5 Å². The van der Waals surface area contributed by atoms with E-state index in [1.807, 2.05) is 0 Å². The quantitative estimate of drug-likeness (QED) is 0.0715. The lowest BCUT2D eigenvalue weighted by Gasteiger charge is -2.40. The van der Waals surface area contributed by atoms with E-state index in [0.717, 1.165) is 0 Å². The summed E-state index contributed by atoms with van der Waals surface area (Å²) >= 11 is 0. The summed E-state index contributed by atoms with van der Waals surface area (Å²) in [5, 5.41) is 169. The molecule has 22 heteroatoms. The molecule has 2 heterocycles. The second-order valence-electron chi connectivity index (χ2n) is 10.7. The Balaban J connectivity index is 0.000000460. The number of hydrogen-bond donors (Lipinski definition) is 18. The minimum atomic E-state index is -1.86. The Morgan fingerprint density at radius 3 is 0.957 bits per heavy atom. The molecule has 2 saturated heterocycles. The van der Waals surface area contributed by atoms with Crippen LogP contribution in [-0.4, -0.2) is 242 Å². The van der Waals surface area contributed by atoms with E-state index in [0.29, 0.717) is 0 Å². The van der Waals surface area contributed by atoms with Gasteiger partial charge in [-0.25, -0.2) is 0 Å². The first-order valence-corrected chi connectivity index (χ1v) is 14.0. The van der Waals surface area contributed by atoms with Crippen molar-refractivity contribution in [1.29, 1.82) is 0 Å². The van der Waals surface area contributed by atoms with Crippen LogP contribution in [0.3, 0.4) is 0 Å². The number of hydrogen-bond acceptors (Lipinski definition) is 22. The third kappa shape index (κ3) is 11.6. The molecular formula is C24H48O22. The highest BCUT2D eigenvalue weighted by Gasteiger charge is 2.46. The van der Waals surface area contributed by atoms with Crippen LogP contribution in [0.25, 0.3) is 0 Å². The lowest BCUT2D eigenvalue weighted by Crippen LogP contribution is -2.59. The van der Waals surface area contributed by atoms with E-state index >= 15 is 0 Å². The minimum absolute atomic E-state index is 0.655. The second-order valence-corrected chi connectivity index (χ2v) is 10.7. The van der Waals surface area contributed by atoms with Gasteiger partial charge in [0.25, 0.3) is 0 Å². The van der Waals surface area contributed by atoms with E-state index in [1.54, 1.807) is 0 Å². The van der Waals surface area contributed by atoms with Crippen LogP contribution in [-0.2, 0) is 18.9 Å². The summed E-state index contributed by atoms with van der Waals surface area (Å²) < 4.78 is 20.0. The summed E-state index contributed by atoms with van der Waals surface area (Å²) in [4.78, 5) is 0. The molecule has 46 heavy (non-hydrogen) atoms. The van der Waals surface area contributed by atoms with Crippen molar-refractivity contribution in [2.75, 3.05) is 39.6 Å². The summed E-state index contributed by atoms with van der Waals surface area (Å²) in [5.74, 6) is 0. The Hall–Kier alpha value is -0.880. The first kappa shape index (κ1) is 43.1. The third-order valence-corrected chi connectivity index (χ3v) is 7.21. The zero-order valence-corrected chi connectivity index (χ0v) is 24.3. The van der Waals surface area contributed by atoms with Crippen molar-refractivity contribution < 1.29 is 111 Å². The molecule has 18 N–H and O–H groups in total. The molecule has 2 fully saturated rings. The fourth-order valence-corrected chi connectivity index (χ4v) is 4.12. The van der Waals surface area contributed by atoms with Crippen LogP contribution in [0, 0.1) is 0 Å². The molecule has 0 radical (unpaired) electrons. The van der Waals surface area contributed by atoms with Crippen molar-refractivity contribution in [3.63, 3.8) is 0 Å². The van der Waals surface area contributed by atoms with Crippen molar-refractivity contribution in [3.05, 3.63) is 0 Å². The summed E-state index contributed by atoms with van der Waals surface area (Å²) in [5.41, 5.74) is 0. The normalized spacial score (nSPS) is 37.2. The predicted octanol–water partition coefficient (Wildman–Crippen LogP) is -11.5. The molecule has 276 valence electrons. The largest absolute Gasteiger partial charge is 0.394 e. The van der Waals surface area contributed by atoms with Crippen LogP contribution in [0.2, 0.25) is 0 Å². The smallest absolute Gasteiger partial charge is 0.186 e. The van der Waals surface area contributed by atoms with Gasteiger partial charge >= 0.3 is 0 Å². The first-order chi connectivity index (χ1) is 21.5. The monoisotopic (exact) mass is 688 g/mol. The molecule has 0 aliphatic carbocycles. The van der Waals surface area contributed by atoms with Crippen LogP contribution in [0.4, 0.5) is 0 Å². The fraction of sp³-hybridized carbons (Fsp3) is 1.00. The molecule has 0 aromatic rings. The van der Waals surface area contributed by atoms with E-state index in [4.69, 9.17) is 39.4 Å². The van der Waals surface area contributed by atoms with Gasteiger partial charge in [0.1, 0.15) is 97.7 Å². The highest BCUT2D eigenvalue weighted by molar-refractivity contribution is 4.90. The molecule has 22 nitrogen and oxygen atoms in total. The minimum Gasteiger partial charge on any atom is -0.394 e. The van der Waals surface area contributed by atoms with Crippen LogP contribution in [0.1, 0.15) is 0 Å². The van der Waals surface area contributed by atoms with Gasteiger partial charge in [0, 0.05) is 0 Å². The molecule has 18 unspecified atom stereocenters. The van der Waals surface area contributed by atoms with Crippen molar-refractivity contribution >= 4 is 0 Å². The van der Waals surface area contributed by atoms with Gasteiger partial charge in [-0.15, -0.1) is 0 Å². The van der Waals surface area contributed by atoms with Gasteiger partial charge in [-0.05, 0) is 0 Å². The molecule has 18 atom stereocenters. The number of aliphatic hydroxyl groups excluding tert-OH is 18. The molecule has 0 aromatic heterocycles. The molecule has 0 aromatic carbocycles. The zero-order valence-electron chi connectivity index (χ0n) is 24.3. The Labute approximate surface area is 261 Å². The Morgan fingerprint density at radius 1 is 0.413 bits per heavy atom. The molecule has 0 spiro atoms. The molecule has 0 amide bonds. The van der Waals surface area contributed by atoms with Crippen molar-refractivity contribution in [3.8, 4) is 0 Å². The van der Waals surface area contributed by atoms with Gasteiger partial charge < -0.3 is 111 Å². The predicted molar refractivity (Wildman–Crippen MR) is 142 cm³/mol. The van der Waals surface area contributed by atoms with Gasteiger partial charge in [-0.2, -0.15) is 0 Å². The zero-order chi connectivity index (χ0) is 35.5. The highest BCUT2D eigenvalue weighted by atomic mass is 16.7. The average Bonchev–Trinajstić information content (AvgIpc) is 3.06. The van der Waals surface area contributed by atoms with E-state index in [-0.39, 0.29) is 0 Å². The van der Waals surface area contributed by atoms with Gasteiger partial charge in [0.2, 0.25) is 0 Å². The number of aliphatic hydroxyl groups is 18. The van der Waals surface area contributed by atoms with E-state index in [2.05, 4.69) is 0 Å². The molecular weight excluding hydrogens is 640 g/mol. The van der Waals surface area contributed by atoms with Gasteiger partial charge in [0.15, 0.2) is 12.6 Å². The van der Waals surface area contributed by atoms with Crippen LogP contribution >= 0.6 is 0 Å². The summed E-state index contributed by atoms with van der Waals surface area (Å²) in [6, 6.07) is 0. The third-order valence-electron chi connectivity index (χ3n) is 7.21. The van der Waals surface area contributed by atoms with E-state index in [1.165, 1.54) is 0 Å². The van der Waals surface area contributed by atoms with Crippen LogP contribution in [0.15, 0.2) is 0 Å². The second kappa shape index (κ2) is 20.6. The summed E-state index contributed by atoms with van der Waals surface area (Å²) in [7, 11) is 0. The SMILES string of the molecule is OCC(O)C(O)C(O)C(O)COC1OC(CO)C(O)C(O)C1O.OCC(O)C(O)C(O)C(O)COC1OC(CO)C(O)C(O)C1O. The number of rotatable bonds is 16. The lowest BCUT2D eigenvalue weighted by atomic mass is 9.99. The number of ether oxygens (including phenoxy) is 4. The van der Waals surface area contributed by atoms with Gasteiger partial charge in [-0.1, -0.05) is 0 Å². The summed E-state index contributed by atoms with van der Waals surface area (Å²) in [6.45, 7) is -4.32. The maximum atomic E-state index is 9.70. The first-order valence-electron chi connectivity index (χ1n) is 14.0. The van der Waals surface area contributed by atoms with E-state index < -0.39 is 150 Å². The standard InChI is InChI=1S/2C12H24O11/c2*13-1-4(15)7(17)8(18)5(16)3-22-12-11(21)10(20)9(19)6(2-14)23-12/h2*4-21H,1-3H2. The molecule has 2 aliphatic heterocycles.